The number of benzene rings is 1. The number of hydrogen-bond donors (Lipinski definition) is 1. The Morgan fingerprint density at radius 2 is 2.25 bits per heavy atom. The van der Waals surface area contributed by atoms with Crippen molar-refractivity contribution in [1.82, 2.24) is 4.98 Å². The highest BCUT2D eigenvalue weighted by atomic mass is 35.5. The van der Waals surface area contributed by atoms with Gasteiger partial charge in [-0.3, -0.25) is 4.98 Å². The van der Waals surface area contributed by atoms with Gasteiger partial charge in [-0.15, -0.1) is 0 Å². The summed E-state index contributed by atoms with van der Waals surface area (Å²) in [4.78, 5) is 14.6. The molecule has 0 saturated heterocycles. The SMILES string of the molecule is Cc1ccnc2c(Cl)ccc(NCC=O)c12. The van der Waals surface area contributed by atoms with Crippen LogP contribution in [0.1, 0.15) is 5.56 Å². The largest absolute Gasteiger partial charge is 0.378 e. The molecule has 1 heterocycles. The highest BCUT2D eigenvalue weighted by Gasteiger charge is 2.07. The summed E-state index contributed by atoms with van der Waals surface area (Å²) < 4.78 is 0. The highest BCUT2D eigenvalue weighted by molar-refractivity contribution is 6.35. The summed E-state index contributed by atoms with van der Waals surface area (Å²) in [5.74, 6) is 0. The Morgan fingerprint density at radius 1 is 1.44 bits per heavy atom. The van der Waals surface area contributed by atoms with Crippen molar-refractivity contribution in [3.8, 4) is 0 Å². The van der Waals surface area contributed by atoms with Crippen LogP contribution >= 0.6 is 11.6 Å². The summed E-state index contributed by atoms with van der Waals surface area (Å²) in [6.07, 6.45) is 2.55. The average Bonchev–Trinajstić information content (AvgIpc) is 2.29. The summed E-state index contributed by atoms with van der Waals surface area (Å²) >= 11 is 6.08. The summed E-state index contributed by atoms with van der Waals surface area (Å²) in [5.41, 5.74) is 2.73. The predicted molar refractivity (Wildman–Crippen MR) is 66.0 cm³/mol. The Balaban J connectivity index is 2.66. The average molecular weight is 235 g/mol. The third-order valence-corrected chi connectivity index (χ3v) is 2.73. The van der Waals surface area contributed by atoms with E-state index < -0.39 is 0 Å². The molecule has 0 amide bonds. The van der Waals surface area contributed by atoms with E-state index in [0.717, 1.165) is 28.4 Å². The first-order valence-corrected chi connectivity index (χ1v) is 5.33. The lowest BCUT2D eigenvalue weighted by Crippen LogP contribution is -2.03. The van der Waals surface area contributed by atoms with Crippen molar-refractivity contribution in [3.63, 3.8) is 0 Å². The summed E-state index contributed by atoms with van der Waals surface area (Å²) in [6.45, 7) is 2.28. The van der Waals surface area contributed by atoms with Crippen molar-refractivity contribution < 1.29 is 4.79 Å². The maximum Gasteiger partial charge on any atom is 0.139 e. The van der Waals surface area contributed by atoms with Gasteiger partial charge in [0.05, 0.1) is 17.1 Å². The first-order valence-electron chi connectivity index (χ1n) is 4.95. The molecule has 3 nitrogen and oxygen atoms in total. The quantitative estimate of drug-likeness (QED) is 0.831. The van der Waals surface area contributed by atoms with E-state index >= 15 is 0 Å². The normalized spacial score (nSPS) is 10.4. The van der Waals surface area contributed by atoms with Crippen molar-refractivity contribution in [2.24, 2.45) is 0 Å². The number of rotatable bonds is 3. The van der Waals surface area contributed by atoms with Gasteiger partial charge in [0.25, 0.3) is 0 Å². The lowest BCUT2D eigenvalue weighted by molar-refractivity contribution is -0.106. The van der Waals surface area contributed by atoms with Gasteiger partial charge in [-0.2, -0.15) is 0 Å². The number of nitrogens with one attached hydrogen (secondary N) is 1. The fraction of sp³-hybridized carbons (Fsp3) is 0.167. The van der Waals surface area contributed by atoms with Gasteiger partial charge in [0.15, 0.2) is 0 Å². The second kappa shape index (κ2) is 4.49. The van der Waals surface area contributed by atoms with Gasteiger partial charge in [-0.1, -0.05) is 11.6 Å². The molecule has 0 bridgehead atoms. The zero-order chi connectivity index (χ0) is 11.5. The van der Waals surface area contributed by atoms with E-state index in [-0.39, 0.29) is 6.54 Å². The van der Waals surface area contributed by atoms with Crippen LogP contribution in [0.4, 0.5) is 5.69 Å². The predicted octanol–water partition coefficient (Wildman–Crippen LogP) is 2.81. The van der Waals surface area contributed by atoms with Crippen molar-refractivity contribution in [1.29, 1.82) is 0 Å². The molecule has 2 aromatic rings. The van der Waals surface area contributed by atoms with Gasteiger partial charge in [-0.05, 0) is 30.7 Å². The van der Waals surface area contributed by atoms with E-state index in [1.165, 1.54) is 0 Å². The topological polar surface area (TPSA) is 42.0 Å². The maximum absolute atomic E-state index is 10.4. The molecule has 4 heteroatoms. The number of aromatic nitrogens is 1. The summed E-state index contributed by atoms with van der Waals surface area (Å²) in [6, 6.07) is 5.57. The number of nitrogens with zero attached hydrogens (tertiary/aromatic N) is 1. The number of fused-ring (bicyclic) bond motifs is 1. The number of carbonyl (C=O) groups is 1. The van der Waals surface area contributed by atoms with Crippen LogP contribution in [-0.4, -0.2) is 17.8 Å². The zero-order valence-corrected chi connectivity index (χ0v) is 9.58. The zero-order valence-electron chi connectivity index (χ0n) is 8.83. The minimum absolute atomic E-state index is 0.283. The van der Waals surface area contributed by atoms with Gasteiger partial charge in [-0.25, -0.2) is 0 Å². The molecular formula is C12H11ClN2O. The van der Waals surface area contributed by atoms with Crippen molar-refractivity contribution >= 4 is 34.5 Å². The Hall–Kier alpha value is -1.61. The highest BCUT2D eigenvalue weighted by Crippen LogP contribution is 2.30. The number of carbonyl (C=O) groups excluding carboxylic acids is 1. The molecule has 0 unspecified atom stereocenters. The lowest BCUT2D eigenvalue weighted by atomic mass is 10.1. The molecule has 0 radical (unpaired) electrons. The smallest absolute Gasteiger partial charge is 0.139 e. The molecule has 82 valence electrons. The molecule has 0 spiro atoms. The monoisotopic (exact) mass is 234 g/mol. The molecule has 0 aliphatic carbocycles. The van der Waals surface area contributed by atoms with Gasteiger partial charge in [0, 0.05) is 17.3 Å². The molecule has 0 fully saturated rings. The van der Waals surface area contributed by atoms with Crippen LogP contribution in [-0.2, 0) is 4.79 Å². The van der Waals surface area contributed by atoms with Crippen LogP contribution in [0.3, 0.4) is 0 Å². The van der Waals surface area contributed by atoms with Crippen LogP contribution in [0.15, 0.2) is 24.4 Å². The fourth-order valence-corrected chi connectivity index (χ4v) is 1.90. The third kappa shape index (κ3) is 1.86. The van der Waals surface area contributed by atoms with Crippen LogP contribution < -0.4 is 5.32 Å². The van der Waals surface area contributed by atoms with Crippen molar-refractivity contribution in [2.75, 3.05) is 11.9 Å². The van der Waals surface area contributed by atoms with Crippen LogP contribution in [0.25, 0.3) is 10.9 Å². The first-order chi connectivity index (χ1) is 7.74. The minimum atomic E-state index is 0.283. The molecule has 0 saturated carbocycles. The Kier molecular flexibility index (Phi) is 3.06. The van der Waals surface area contributed by atoms with E-state index in [2.05, 4.69) is 10.3 Å². The number of aryl methyl sites for hydroxylation is 1. The van der Waals surface area contributed by atoms with Crippen molar-refractivity contribution in [3.05, 3.63) is 35.0 Å². The summed E-state index contributed by atoms with van der Waals surface area (Å²) in [7, 11) is 0. The molecule has 1 aromatic carbocycles. The minimum Gasteiger partial charge on any atom is -0.378 e. The third-order valence-electron chi connectivity index (χ3n) is 2.43. The molecule has 1 aromatic heterocycles. The number of aldehydes is 1. The molecule has 16 heavy (non-hydrogen) atoms. The number of hydrogen-bond acceptors (Lipinski definition) is 3. The van der Waals surface area contributed by atoms with Gasteiger partial charge < -0.3 is 10.1 Å². The van der Waals surface area contributed by atoms with Crippen LogP contribution in [0.5, 0.6) is 0 Å². The van der Waals surface area contributed by atoms with E-state index in [1.54, 1.807) is 12.3 Å². The molecule has 0 aliphatic rings. The fourth-order valence-electron chi connectivity index (χ4n) is 1.70. The molecule has 0 aliphatic heterocycles. The van der Waals surface area contributed by atoms with E-state index in [4.69, 9.17) is 11.6 Å². The standard InChI is InChI=1S/C12H11ClN2O/c1-8-4-5-15-12-9(13)2-3-10(11(8)12)14-6-7-16/h2-5,7,14H,6H2,1H3. The van der Waals surface area contributed by atoms with Crippen LogP contribution in [0, 0.1) is 6.92 Å². The van der Waals surface area contributed by atoms with Gasteiger partial charge >= 0.3 is 0 Å². The Labute approximate surface area is 98.4 Å². The maximum atomic E-state index is 10.4. The molecular weight excluding hydrogens is 224 g/mol. The summed E-state index contributed by atoms with van der Waals surface area (Å²) in [5, 5.41) is 4.63. The first kappa shape index (κ1) is 10.9. The second-order valence-corrected chi connectivity index (χ2v) is 3.90. The lowest BCUT2D eigenvalue weighted by Gasteiger charge is -2.10. The number of anilines is 1. The van der Waals surface area contributed by atoms with Gasteiger partial charge in [0.1, 0.15) is 6.29 Å². The second-order valence-electron chi connectivity index (χ2n) is 3.49. The van der Waals surface area contributed by atoms with Gasteiger partial charge in [0.2, 0.25) is 0 Å². The molecule has 2 rings (SSSR count). The molecule has 0 atom stereocenters. The Bertz CT molecular complexity index is 540. The number of pyridine rings is 1. The van der Waals surface area contributed by atoms with E-state index in [0.29, 0.717) is 5.02 Å². The van der Waals surface area contributed by atoms with Crippen molar-refractivity contribution in [2.45, 2.75) is 6.92 Å². The van der Waals surface area contributed by atoms with Crippen LogP contribution in [0.2, 0.25) is 5.02 Å². The van der Waals surface area contributed by atoms with E-state index in [1.807, 2.05) is 19.1 Å². The van der Waals surface area contributed by atoms with E-state index in [9.17, 15) is 4.79 Å². The molecule has 1 N–H and O–H groups in total. The number of halogens is 1. The Morgan fingerprint density at radius 3 is 3.00 bits per heavy atom.